The van der Waals surface area contributed by atoms with E-state index in [9.17, 15) is 9.59 Å². The molecule has 0 bridgehead atoms. The van der Waals surface area contributed by atoms with Gasteiger partial charge < -0.3 is 10.2 Å². The molecular weight excluding hydrogens is 338 g/mol. The van der Waals surface area contributed by atoms with E-state index in [0.29, 0.717) is 29.5 Å². The summed E-state index contributed by atoms with van der Waals surface area (Å²) in [6.45, 7) is 3.03. The first-order valence-corrected chi connectivity index (χ1v) is 8.69. The average Bonchev–Trinajstić information content (AvgIpc) is 2.62. The zero-order valence-electron chi connectivity index (χ0n) is 14.0. The Balaban J connectivity index is 1.65. The number of likely N-dealkylation sites (tertiary alicyclic amines) is 1. The van der Waals surface area contributed by atoms with Gasteiger partial charge in [0.2, 0.25) is 5.91 Å². The molecule has 1 N–H and O–H groups in total. The molecule has 1 saturated heterocycles. The van der Waals surface area contributed by atoms with E-state index in [2.05, 4.69) is 10.3 Å². The summed E-state index contributed by atoms with van der Waals surface area (Å²) in [6.07, 6.45) is 3.24. The Morgan fingerprint density at radius 3 is 2.72 bits per heavy atom. The average molecular weight is 358 g/mol. The van der Waals surface area contributed by atoms with E-state index in [1.807, 2.05) is 19.1 Å². The number of benzene rings is 1. The SMILES string of the molecule is Cc1ccnc(NC(=O)C2CCCN(C(=O)c3ccc(Cl)cc3)C2)c1. The van der Waals surface area contributed by atoms with Crippen molar-refractivity contribution >= 4 is 29.2 Å². The topological polar surface area (TPSA) is 62.3 Å². The zero-order valence-corrected chi connectivity index (χ0v) is 14.8. The maximum absolute atomic E-state index is 12.6. The minimum absolute atomic E-state index is 0.0668. The van der Waals surface area contributed by atoms with Crippen molar-refractivity contribution in [3.63, 3.8) is 0 Å². The Bertz CT molecular complexity index is 776. The summed E-state index contributed by atoms with van der Waals surface area (Å²) in [7, 11) is 0. The Kier molecular flexibility index (Phi) is 5.34. The predicted octanol–water partition coefficient (Wildman–Crippen LogP) is 3.53. The fraction of sp³-hybridized carbons (Fsp3) is 0.316. The van der Waals surface area contributed by atoms with Crippen molar-refractivity contribution in [2.75, 3.05) is 18.4 Å². The number of aryl methyl sites for hydroxylation is 1. The number of pyridine rings is 1. The third kappa shape index (κ3) is 4.37. The third-order valence-electron chi connectivity index (χ3n) is 4.34. The molecule has 2 heterocycles. The fourth-order valence-electron chi connectivity index (χ4n) is 2.98. The van der Waals surface area contributed by atoms with E-state index in [1.165, 1.54) is 0 Å². The van der Waals surface area contributed by atoms with E-state index < -0.39 is 0 Å². The van der Waals surface area contributed by atoms with Gasteiger partial charge in [-0.1, -0.05) is 11.6 Å². The van der Waals surface area contributed by atoms with Crippen molar-refractivity contribution in [3.05, 3.63) is 58.7 Å². The minimum atomic E-state index is -0.229. The molecule has 0 radical (unpaired) electrons. The number of halogens is 1. The van der Waals surface area contributed by atoms with Crippen LogP contribution in [0.1, 0.15) is 28.8 Å². The van der Waals surface area contributed by atoms with Crippen LogP contribution < -0.4 is 5.32 Å². The Morgan fingerprint density at radius 2 is 2.00 bits per heavy atom. The highest BCUT2D eigenvalue weighted by Crippen LogP contribution is 2.21. The quantitative estimate of drug-likeness (QED) is 0.913. The van der Waals surface area contributed by atoms with Crippen LogP contribution in [-0.2, 0) is 4.79 Å². The van der Waals surface area contributed by atoms with Crippen molar-refractivity contribution in [2.45, 2.75) is 19.8 Å². The van der Waals surface area contributed by atoms with Gasteiger partial charge in [0.05, 0.1) is 5.92 Å². The van der Waals surface area contributed by atoms with Crippen molar-refractivity contribution in [1.82, 2.24) is 9.88 Å². The third-order valence-corrected chi connectivity index (χ3v) is 4.59. The molecule has 2 aromatic rings. The number of piperidine rings is 1. The number of rotatable bonds is 3. The summed E-state index contributed by atoms with van der Waals surface area (Å²) in [5, 5.41) is 3.45. The van der Waals surface area contributed by atoms with E-state index in [1.54, 1.807) is 35.4 Å². The van der Waals surface area contributed by atoms with E-state index in [-0.39, 0.29) is 17.7 Å². The van der Waals surface area contributed by atoms with Crippen molar-refractivity contribution in [3.8, 4) is 0 Å². The Labute approximate surface area is 152 Å². The van der Waals surface area contributed by atoms with E-state index in [0.717, 1.165) is 18.4 Å². The summed E-state index contributed by atoms with van der Waals surface area (Å²) in [5.74, 6) is 0.160. The summed E-state index contributed by atoms with van der Waals surface area (Å²) in [5.41, 5.74) is 1.62. The molecule has 1 atom stereocenters. The van der Waals surface area contributed by atoms with Gasteiger partial charge in [-0.25, -0.2) is 4.98 Å². The highest BCUT2D eigenvalue weighted by Gasteiger charge is 2.29. The largest absolute Gasteiger partial charge is 0.338 e. The zero-order chi connectivity index (χ0) is 17.8. The Morgan fingerprint density at radius 1 is 1.24 bits per heavy atom. The summed E-state index contributed by atoms with van der Waals surface area (Å²) in [6, 6.07) is 10.5. The second kappa shape index (κ2) is 7.66. The molecular formula is C19H20ClN3O2. The van der Waals surface area contributed by atoms with Crippen LogP contribution in [0, 0.1) is 12.8 Å². The summed E-state index contributed by atoms with van der Waals surface area (Å²) in [4.78, 5) is 31.0. The normalized spacial score (nSPS) is 17.2. The molecule has 25 heavy (non-hydrogen) atoms. The van der Waals surface area contributed by atoms with Gasteiger partial charge in [-0.2, -0.15) is 0 Å². The van der Waals surface area contributed by atoms with Crippen molar-refractivity contribution in [2.24, 2.45) is 5.92 Å². The van der Waals surface area contributed by atoms with Gasteiger partial charge in [0.1, 0.15) is 5.82 Å². The van der Waals surface area contributed by atoms with Crippen molar-refractivity contribution in [1.29, 1.82) is 0 Å². The molecule has 1 aliphatic heterocycles. The van der Waals surface area contributed by atoms with Crippen molar-refractivity contribution < 1.29 is 9.59 Å². The molecule has 0 saturated carbocycles. The van der Waals surface area contributed by atoms with Crippen LogP contribution in [0.3, 0.4) is 0 Å². The van der Waals surface area contributed by atoms with Crippen LogP contribution in [0.5, 0.6) is 0 Å². The number of aromatic nitrogens is 1. The standard InChI is InChI=1S/C19H20ClN3O2/c1-13-8-9-21-17(11-13)22-18(24)15-3-2-10-23(12-15)19(25)14-4-6-16(20)7-5-14/h4-9,11,15H,2-3,10,12H2,1H3,(H,21,22,24). The highest BCUT2D eigenvalue weighted by atomic mass is 35.5. The fourth-order valence-corrected chi connectivity index (χ4v) is 3.11. The molecule has 1 unspecified atom stereocenters. The molecule has 6 heteroatoms. The number of anilines is 1. The first kappa shape index (κ1) is 17.4. The van der Waals surface area contributed by atoms with Crippen LogP contribution in [0.4, 0.5) is 5.82 Å². The molecule has 1 aliphatic rings. The lowest BCUT2D eigenvalue weighted by atomic mass is 9.96. The maximum Gasteiger partial charge on any atom is 0.253 e. The van der Waals surface area contributed by atoms with Gasteiger partial charge in [-0.15, -0.1) is 0 Å². The summed E-state index contributed by atoms with van der Waals surface area (Å²) >= 11 is 5.87. The lowest BCUT2D eigenvalue weighted by molar-refractivity contribution is -0.121. The number of carbonyl (C=O) groups excluding carboxylic acids is 2. The lowest BCUT2D eigenvalue weighted by Crippen LogP contribution is -2.43. The Hall–Kier alpha value is -2.40. The van der Waals surface area contributed by atoms with Gasteiger partial charge >= 0.3 is 0 Å². The van der Waals surface area contributed by atoms with Gasteiger partial charge in [0.15, 0.2) is 0 Å². The molecule has 130 valence electrons. The van der Waals surface area contributed by atoms with E-state index >= 15 is 0 Å². The van der Waals surface area contributed by atoms with Crippen LogP contribution in [0.2, 0.25) is 5.02 Å². The summed E-state index contributed by atoms with van der Waals surface area (Å²) < 4.78 is 0. The molecule has 0 spiro atoms. The number of carbonyl (C=O) groups is 2. The first-order valence-electron chi connectivity index (χ1n) is 8.31. The number of nitrogens with zero attached hydrogens (tertiary/aromatic N) is 2. The monoisotopic (exact) mass is 357 g/mol. The molecule has 5 nitrogen and oxygen atoms in total. The molecule has 3 rings (SSSR count). The number of amides is 2. The van der Waals surface area contributed by atoms with Crippen LogP contribution in [-0.4, -0.2) is 34.8 Å². The van der Waals surface area contributed by atoms with Gasteiger partial charge in [-0.05, 0) is 61.7 Å². The minimum Gasteiger partial charge on any atom is -0.338 e. The number of nitrogens with one attached hydrogen (secondary N) is 1. The van der Waals surface area contributed by atoms with Crippen LogP contribution in [0.15, 0.2) is 42.6 Å². The maximum atomic E-state index is 12.6. The van der Waals surface area contributed by atoms with Crippen LogP contribution in [0.25, 0.3) is 0 Å². The molecule has 0 aliphatic carbocycles. The van der Waals surface area contributed by atoms with Gasteiger partial charge in [-0.3, -0.25) is 9.59 Å². The van der Waals surface area contributed by atoms with Gasteiger partial charge in [0.25, 0.3) is 5.91 Å². The molecule has 1 aromatic carbocycles. The van der Waals surface area contributed by atoms with E-state index in [4.69, 9.17) is 11.6 Å². The smallest absolute Gasteiger partial charge is 0.253 e. The molecule has 1 fully saturated rings. The molecule has 1 aromatic heterocycles. The number of hydrogen-bond acceptors (Lipinski definition) is 3. The lowest BCUT2D eigenvalue weighted by Gasteiger charge is -2.32. The second-order valence-corrected chi connectivity index (χ2v) is 6.74. The van der Waals surface area contributed by atoms with Gasteiger partial charge in [0, 0.05) is 29.9 Å². The highest BCUT2D eigenvalue weighted by molar-refractivity contribution is 6.30. The van der Waals surface area contributed by atoms with Crippen LogP contribution >= 0.6 is 11.6 Å². The predicted molar refractivity (Wildman–Crippen MR) is 97.7 cm³/mol. The number of hydrogen-bond donors (Lipinski definition) is 1. The molecule has 2 amide bonds. The second-order valence-electron chi connectivity index (χ2n) is 6.30. The first-order chi connectivity index (χ1) is 12.0.